The zero-order valence-electron chi connectivity index (χ0n) is 17.6. The van der Waals surface area contributed by atoms with Gasteiger partial charge in [0.1, 0.15) is 5.75 Å². The quantitative estimate of drug-likeness (QED) is 0.521. The number of rotatable bonds is 6. The van der Waals surface area contributed by atoms with Gasteiger partial charge in [0.2, 0.25) is 11.9 Å². The highest BCUT2D eigenvalue weighted by Gasteiger charge is 2.20. The summed E-state index contributed by atoms with van der Waals surface area (Å²) < 4.78 is 6.55. The molecule has 0 spiro atoms. The summed E-state index contributed by atoms with van der Waals surface area (Å²) in [6.45, 7) is 3.53. The monoisotopic (exact) mass is 417 g/mol. The van der Waals surface area contributed by atoms with Gasteiger partial charge < -0.3 is 4.74 Å². The topological polar surface area (TPSA) is 92.6 Å². The van der Waals surface area contributed by atoms with Crippen LogP contribution in [0.5, 0.6) is 5.75 Å². The van der Waals surface area contributed by atoms with Crippen LogP contribution in [-0.2, 0) is 17.8 Å². The number of ether oxygens (including phenoxy) is 1. The van der Waals surface area contributed by atoms with E-state index in [1.54, 1.807) is 14.0 Å². The number of carbonyl (C=O) groups is 1. The second kappa shape index (κ2) is 8.43. The zero-order chi connectivity index (χ0) is 22.0. The van der Waals surface area contributed by atoms with E-state index in [4.69, 9.17) is 4.74 Å². The average molecular weight is 417 g/mol. The lowest BCUT2D eigenvalue weighted by Crippen LogP contribution is -2.29. The van der Waals surface area contributed by atoms with Gasteiger partial charge in [-0.3, -0.25) is 19.6 Å². The van der Waals surface area contributed by atoms with Gasteiger partial charge in [0.15, 0.2) is 0 Å². The van der Waals surface area contributed by atoms with Crippen LogP contribution in [0.25, 0.3) is 5.78 Å². The van der Waals surface area contributed by atoms with E-state index in [-0.39, 0.29) is 29.7 Å². The number of anilines is 1. The Balaban J connectivity index is 1.72. The summed E-state index contributed by atoms with van der Waals surface area (Å²) in [6.07, 6.45) is 0.468. The highest BCUT2D eigenvalue weighted by molar-refractivity contribution is 5.89. The second-order valence-electron chi connectivity index (χ2n) is 7.28. The minimum Gasteiger partial charge on any atom is -0.497 e. The van der Waals surface area contributed by atoms with Crippen LogP contribution < -0.4 is 15.2 Å². The number of carbonyl (C=O) groups excluding carboxylic acids is 1. The van der Waals surface area contributed by atoms with E-state index in [1.807, 2.05) is 54.6 Å². The van der Waals surface area contributed by atoms with E-state index in [0.717, 1.165) is 11.1 Å². The maximum Gasteiger partial charge on any atom is 0.277 e. The molecule has 0 aliphatic heterocycles. The summed E-state index contributed by atoms with van der Waals surface area (Å²) in [7, 11) is 1.59. The molecule has 0 saturated heterocycles. The molecule has 2 aromatic carbocycles. The van der Waals surface area contributed by atoms with Crippen molar-refractivity contribution in [1.29, 1.82) is 0 Å². The summed E-state index contributed by atoms with van der Waals surface area (Å²) in [4.78, 5) is 35.9. The summed E-state index contributed by atoms with van der Waals surface area (Å²) in [5.74, 6) is 0.975. The molecule has 0 unspecified atom stereocenters. The fraction of sp³-hybridized carbons (Fsp3) is 0.217. The fourth-order valence-corrected chi connectivity index (χ4v) is 3.46. The summed E-state index contributed by atoms with van der Waals surface area (Å²) in [6, 6.07) is 17.2. The fourth-order valence-electron chi connectivity index (χ4n) is 3.46. The zero-order valence-corrected chi connectivity index (χ0v) is 17.6. The van der Waals surface area contributed by atoms with Crippen molar-refractivity contribution in [3.63, 3.8) is 0 Å². The molecule has 4 aromatic rings. The minimum atomic E-state index is -0.227. The molecule has 0 saturated carbocycles. The Bertz CT molecular complexity index is 1290. The number of H-pyrrole nitrogens is 1. The first-order valence-electron chi connectivity index (χ1n) is 9.89. The number of aromatic amines is 1. The van der Waals surface area contributed by atoms with Crippen LogP contribution in [0.1, 0.15) is 29.3 Å². The molecule has 1 N–H and O–H groups in total. The van der Waals surface area contributed by atoms with E-state index in [2.05, 4.69) is 15.1 Å². The molecule has 0 fully saturated rings. The number of aryl methyl sites for hydroxylation is 1. The van der Waals surface area contributed by atoms with E-state index >= 15 is 0 Å². The highest BCUT2D eigenvalue weighted by Crippen LogP contribution is 2.18. The van der Waals surface area contributed by atoms with Gasteiger partial charge in [0.05, 0.1) is 19.3 Å². The summed E-state index contributed by atoms with van der Waals surface area (Å²) in [5.41, 5.74) is 2.87. The van der Waals surface area contributed by atoms with Crippen molar-refractivity contribution >= 4 is 17.6 Å². The van der Waals surface area contributed by atoms with E-state index in [0.29, 0.717) is 23.4 Å². The van der Waals surface area contributed by atoms with Crippen LogP contribution in [0, 0.1) is 6.92 Å². The van der Waals surface area contributed by atoms with Gasteiger partial charge in [-0.05, 0) is 30.2 Å². The van der Waals surface area contributed by atoms with Crippen molar-refractivity contribution in [3.8, 4) is 5.75 Å². The Labute approximate surface area is 179 Å². The number of nitrogens with one attached hydrogen (secondary N) is 1. The number of hydrogen-bond donors (Lipinski definition) is 1. The van der Waals surface area contributed by atoms with Crippen molar-refractivity contribution in [2.75, 3.05) is 12.0 Å². The molecule has 2 aromatic heterocycles. The molecular formula is C23H23N5O3. The van der Waals surface area contributed by atoms with Gasteiger partial charge >= 0.3 is 0 Å². The smallest absolute Gasteiger partial charge is 0.277 e. The normalized spacial score (nSPS) is 10.9. The number of fused-ring (bicyclic) bond motifs is 1. The van der Waals surface area contributed by atoms with Crippen LogP contribution in [0.2, 0.25) is 0 Å². The molecule has 158 valence electrons. The minimum absolute atomic E-state index is 0.212. The molecule has 0 aliphatic carbocycles. The molecular weight excluding hydrogens is 394 g/mol. The van der Waals surface area contributed by atoms with Gasteiger partial charge in [-0.15, -0.1) is 0 Å². The van der Waals surface area contributed by atoms with Crippen LogP contribution >= 0.6 is 0 Å². The van der Waals surface area contributed by atoms with Gasteiger partial charge in [-0.25, -0.2) is 4.98 Å². The summed E-state index contributed by atoms with van der Waals surface area (Å²) >= 11 is 0. The van der Waals surface area contributed by atoms with E-state index in [9.17, 15) is 9.59 Å². The van der Waals surface area contributed by atoms with Crippen molar-refractivity contribution < 1.29 is 9.53 Å². The first-order chi connectivity index (χ1) is 15.0. The van der Waals surface area contributed by atoms with Gasteiger partial charge in [0.25, 0.3) is 11.3 Å². The highest BCUT2D eigenvalue weighted by atomic mass is 16.5. The molecule has 31 heavy (non-hydrogen) atoms. The number of aromatic nitrogens is 4. The molecule has 0 aliphatic rings. The lowest BCUT2D eigenvalue weighted by Gasteiger charge is -2.17. The first kappa shape index (κ1) is 20.3. The van der Waals surface area contributed by atoms with Crippen LogP contribution in [0.3, 0.4) is 0 Å². The molecule has 0 bridgehead atoms. The van der Waals surface area contributed by atoms with Crippen molar-refractivity contribution in [2.45, 2.75) is 26.8 Å². The van der Waals surface area contributed by atoms with Crippen LogP contribution in [0.4, 0.5) is 5.95 Å². The predicted molar refractivity (Wildman–Crippen MR) is 117 cm³/mol. The second-order valence-corrected chi connectivity index (χ2v) is 7.28. The Morgan fingerprint density at radius 1 is 1.10 bits per heavy atom. The van der Waals surface area contributed by atoms with E-state index in [1.165, 1.54) is 16.3 Å². The number of methoxy groups -OCH3 is 1. The third-order valence-electron chi connectivity index (χ3n) is 5.12. The Morgan fingerprint density at radius 3 is 2.55 bits per heavy atom. The number of hydrogen-bond acceptors (Lipinski definition) is 5. The lowest BCUT2D eigenvalue weighted by atomic mass is 10.1. The van der Waals surface area contributed by atoms with Crippen molar-refractivity contribution in [3.05, 3.63) is 87.3 Å². The largest absolute Gasteiger partial charge is 0.497 e. The molecule has 4 rings (SSSR count). The average Bonchev–Trinajstić information content (AvgIpc) is 3.19. The first-order valence-corrected chi connectivity index (χ1v) is 9.89. The molecule has 0 radical (unpaired) electrons. The molecule has 2 heterocycles. The van der Waals surface area contributed by atoms with E-state index < -0.39 is 0 Å². The lowest BCUT2D eigenvalue weighted by molar-refractivity contribution is -0.116. The standard InChI is InChI=1S/C23H23N5O3/c1-15-20(13-17-8-5-4-6-9-17)21(30)28-22(24-15)25-23(26-28)27(16(2)29)14-18-10-7-11-19(12-18)31-3/h4-12H,13-14H2,1-3H3,(H,24,25,26). The number of amides is 1. The molecule has 8 heteroatoms. The SMILES string of the molecule is COc1cccc(CN(C(C)=O)c2nc3nc(C)c(Cc4ccccc4)c(=O)n3[nH]2)c1. The van der Waals surface area contributed by atoms with Crippen LogP contribution in [-0.4, -0.2) is 32.6 Å². The summed E-state index contributed by atoms with van der Waals surface area (Å²) in [5, 5.41) is 2.95. The third kappa shape index (κ3) is 4.18. The Morgan fingerprint density at radius 2 is 1.84 bits per heavy atom. The molecule has 0 atom stereocenters. The van der Waals surface area contributed by atoms with Gasteiger partial charge in [0, 0.05) is 18.9 Å². The Hall–Kier alpha value is -3.94. The van der Waals surface area contributed by atoms with Crippen molar-refractivity contribution in [2.24, 2.45) is 0 Å². The van der Waals surface area contributed by atoms with Crippen molar-refractivity contribution in [1.82, 2.24) is 19.6 Å². The maximum absolute atomic E-state index is 13.1. The van der Waals surface area contributed by atoms with Gasteiger partial charge in [-0.1, -0.05) is 42.5 Å². The van der Waals surface area contributed by atoms with Gasteiger partial charge in [-0.2, -0.15) is 9.50 Å². The molecule has 1 amide bonds. The van der Waals surface area contributed by atoms with Crippen LogP contribution in [0.15, 0.2) is 59.4 Å². The Kier molecular flexibility index (Phi) is 5.53. The predicted octanol–water partition coefficient (Wildman–Crippen LogP) is 2.88. The third-order valence-corrected chi connectivity index (χ3v) is 5.12. The number of nitrogens with zero attached hydrogens (tertiary/aromatic N) is 4. The maximum atomic E-state index is 13.1. The number of benzene rings is 2. The molecule has 8 nitrogen and oxygen atoms in total.